The molecule has 116 valence electrons. The van der Waals surface area contributed by atoms with Gasteiger partial charge in [0, 0.05) is 0 Å². The molecule has 0 aliphatic rings. The van der Waals surface area contributed by atoms with Crippen molar-refractivity contribution in [1.29, 1.82) is 0 Å². The van der Waals surface area contributed by atoms with E-state index < -0.39 is 11.7 Å². The van der Waals surface area contributed by atoms with E-state index in [1.165, 1.54) is 23.0 Å². The molecule has 0 radical (unpaired) electrons. The minimum atomic E-state index is -0.497. The van der Waals surface area contributed by atoms with Gasteiger partial charge in [0.05, 0.1) is 27.9 Å². The number of aromatic nitrogens is 2. The average molecular weight is 332 g/mol. The number of hydrogen-bond donors (Lipinski definition) is 1. The molecule has 0 saturated carbocycles. The Balaban J connectivity index is 1.83. The SMILES string of the molecule is O=C(Cn1cnc2ccccc2c1=O)Nc1ccc(F)cc1Cl. The number of benzene rings is 2. The Morgan fingerprint density at radius 3 is 2.83 bits per heavy atom. The fourth-order valence-corrected chi connectivity index (χ4v) is 2.37. The van der Waals surface area contributed by atoms with Crippen molar-refractivity contribution in [1.82, 2.24) is 9.55 Å². The smallest absolute Gasteiger partial charge is 0.261 e. The quantitative estimate of drug-likeness (QED) is 0.802. The Morgan fingerprint density at radius 1 is 1.26 bits per heavy atom. The maximum Gasteiger partial charge on any atom is 0.261 e. The summed E-state index contributed by atoms with van der Waals surface area (Å²) in [5.74, 6) is -0.958. The highest BCUT2D eigenvalue weighted by Crippen LogP contribution is 2.22. The number of carbonyl (C=O) groups is 1. The van der Waals surface area contributed by atoms with Crippen LogP contribution < -0.4 is 10.9 Å². The second kappa shape index (κ2) is 6.18. The van der Waals surface area contributed by atoms with Gasteiger partial charge in [-0.25, -0.2) is 9.37 Å². The van der Waals surface area contributed by atoms with E-state index in [2.05, 4.69) is 10.3 Å². The maximum atomic E-state index is 13.0. The number of halogens is 2. The minimum absolute atomic E-state index is 0.0855. The molecule has 0 fully saturated rings. The largest absolute Gasteiger partial charge is 0.323 e. The molecule has 7 heteroatoms. The summed E-state index contributed by atoms with van der Waals surface area (Å²) in [7, 11) is 0. The third-order valence-electron chi connectivity index (χ3n) is 3.25. The number of fused-ring (bicyclic) bond motifs is 1. The van der Waals surface area contributed by atoms with Crippen LogP contribution in [-0.4, -0.2) is 15.5 Å². The second-order valence-electron chi connectivity index (χ2n) is 4.87. The zero-order valence-electron chi connectivity index (χ0n) is 11.8. The van der Waals surface area contributed by atoms with Crippen LogP contribution in [0.5, 0.6) is 0 Å². The normalized spacial score (nSPS) is 10.7. The van der Waals surface area contributed by atoms with Gasteiger partial charge in [0.15, 0.2) is 0 Å². The van der Waals surface area contributed by atoms with Gasteiger partial charge in [-0.3, -0.25) is 14.2 Å². The molecule has 3 rings (SSSR count). The number of carbonyl (C=O) groups excluding carboxylic acids is 1. The molecule has 23 heavy (non-hydrogen) atoms. The van der Waals surface area contributed by atoms with Crippen LogP contribution in [-0.2, 0) is 11.3 Å². The molecule has 5 nitrogen and oxygen atoms in total. The van der Waals surface area contributed by atoms with Gasteiger partial charge in [0.25, 0.3) is 5.56 Å². The molecule has 0 spiro atoms. The van der Waals surface area contributed by atoms with Crippen LogP contribution in [0.2, 0.25) is 5.02 Å². The Bertz CT molecular complexity index is 955. The molecule has 0 saturated heterocycles. The van der Waals surface area contributed by atoms with Crippen molar-refractivity contribution >= 4 is 34.1 Å². The van der Waals surface area contributed by atoms with E-state index in [9.17, 15) is 14.0 Å². The van der Waals surface area contributed by atoms with Crippen LogP contribution >= 0.6 is 11.6 Å². The summed E-state index contributed by atoms with van der Waals surface area (Å²) < 4.78 is 14.2. The van der Waals surface area contributed by atoms with E-state index in [4.69, 9.17) is 11.6 Å². The van der Waals surface area contributed by atoms with E-state index in [0.29, 0.717) is 10.9 Å². The zero-order valence-corrected chi connectivity index (χ0v) is 12.5. The van der Waals surface area contributed by atoms with Gasteiger partial charge < -0.3 is 5.32 Å². The van der Waals surface area contributed by atoms with Gasteiger partial charge in [0.1, 0.15) is 12.4 Å². The number of para-hydroxylation sites is 1. The van der Waals surface area contributed by atoms with E-state index >= 15 is 0 Å². The van der Waals surface area contributed by atoms with Crippen LogP contribution in [0, 0.1) is 5.82 Å². The fraction of sp³-hybridized carbons (Fsp3) is 0.0625. The van der Waals surface area contributed by atoms with Gasteiger partial charge in [-0.05, 0) is 30.3 Å². The predicted octanol–water partition coefficient (Wildman–Crippen LogP) is 2.83. The maximum absolute atomic E-state index is 13.0. The highest BCUT2D eigenvalue weighted by atomic mass is 35.5. The Morgan fingerprint density at radius 2 is 2.04 bits per heavy atom. The molecule has 1 heterocycles. The Hall–Kier alpha value is -2.73. The van der Waals surface area contributed by atoms with Gasteiger partial charge in [-0.15, -0.1) is 0 Å². The lowest BCUT2D eigenvalue weighted by molar-refractivity contribution is -0.116. The first-order chi connectivity index (χ1) is 11.0. The van der Waals surface area contributed by atoms with E-state index in [1.807, 2.05) is 0 Å². The van der Waals surface area contributed by atoms with Gasteiger partial charge in [-0.1, -0.05) is 23.7 Å². The molecule has 2 aromatic carbocycles. The standard InChI is InChI=1S/C16H11ClFN3O2/c17-12-7-10(18)5-6-14(12)20-15(22)8-21-9-19-13-4-2-1-3-11(13)16(21)23/h1-7,9H,8H2,(H,20,22). The number of hydrogen-bond acceptors (Lipinski definition) is 3. The molecule has 0 aliphatic heterocycles. The third-order valence-corrected chi connectivity index (χ3v) is 3.56. The van der Waals surface area contributed by atoms with Crippen LogP contribution in [0.15, 0.2) is 53.6 Å². The molecule has 0 aliphatic carbocycles. The van der Waals surface area contributed by atoms with E-state index in [0.717, 1.165) is 6.07 Å². The van der Waals surface area contributed by atoms with Crippen molar-refractivity contribution in [2.24, 2.45) is 0 Å². The number of anilines is 1. The monoisotopic (exact) mass is 331 g/mol. The minimum Gasteiger partial charge on any atom is -0.323 e. The summed E-state index contributed by atoms with van der Waals surface area (Å²) in [6.45, 7) is -0.218. The van der Waals surface area contributed by atoms with Crippen LogP contribution in [0.3, 0.4) is 0 Å². The van der Waals surface area contributed by atoms with E-state index in [1.54, 1.807) is 24.3 Å². The van der Waals surface area contributed by atoms with Crippen molar-refractivity contribution < 1.29 is 9.18 Å². The Labute approximate surface area is 135 Å². The lowest BCUT2D eigenvalue weighted by Crippen LogP contribution is -2.28. The van der Waals surface area contributed by atoms with Crippen LogP contribution in [0.25, 0.3) is 10.9 Å². The van der Waals surface area contributed by atoms with Crippen LogP contribution in [0.1, 0.15) is 0 Å². The summed E-state index contributed by atoms with van der Waals surface area (Å²) in [4.78, 5) is 28.5. The summed E-state index contributed by atoms with van der Waals surface area (Å²) in [5.41, 5.74) is 0.534. The molecular formula is C16H11ClFN3O2. The first-order valence-electron chi connectivity index (χ1n) is 6.73. The van der Waals surface area contributed by atoms with Crippen molar-refractivity contribution in [2.75, 3.05) is 5.32 Å². The summed E-state index contributed by atoms with van der Waals surface area (Å²) in [6, 6.07) is 10.5. The lowest BCUT2D eigenvalue weighted by Gasteiger charge is -2.09. The second-order valence-corrected chi connectivity index (χ2v) is 5.27. The zero-order chi connectivity index (χ0) is 16.4. The molecule has 3 aromatic rings. The first-order valence-corrected chi connectivity index (χ1v) is 7.11. The number of nitrogens with one attached hydrogen (secondary N) is 1. The van der Waals surface area contributed by atoms with Gasteiger partial charge in [0.2, 0.25) is 5.91 Å². The molecule has 1 N–H and O–H groups in total. The summed E-state index contributed by atoms with van der Waals surface area (Å²) in [6.07, 6.45) is 1.32. The van der Waals surface area contributed by atoms with E-state index in [-0.39, 0.29) is 22.8 Å². The van der Waals surface area contributed by atoms with Gasteiger partial charge >= 0.3 is 0 Å². The topological polar surface area (TPSA) is 64.0 Å². The van der Waals surface area contributed by atoms with Crippen molar-refractivity contribution in [3.63, 3.8) is 0 Å². The molecule has 1 amide bonds. The highest BCUT2D eigenvalue weighted by molar-refractivity contribution is 6.33. The molecule has 0 bridgehead atoms. The average Bonchev–Trinajstić information content (AvgIpc) is 2.53. The molecular weight excluding hydrogens is 321 g/mol. The van der Waals surface area contributed by atoms with Crippen molar-refractivity contribution in [3.05, 3.63) is 70.0 Å². The summed E-state index contributed by atoms with van der Waals surface area (Å²) >= 11 is 5.85. The molecule has 1 aromatic heterocycles. The third kappa shape index (κ3) is 3.22. The number of nitrogens with zero attached hydrogens (tertiary/aromatic N) is 2. The Kier molecular flexibility index (Phi) is 4.08. The first kappa shape index (κ1) is 15.2. The van der Waals surface area contributed by atoms with Crippen LogP contribution in [0.4, 0.5) is 10.1 Å². The summed E-state index contributed by atoms with van der Waals surface area (Å²) in [5, 5.41) is 3.05. The molecule has 0 unspecified atom stereocenters. The molecule has 0 atom stereocenters. The highest BCUT2D eigenvalue weighted by Gasteiger charge is 2.10. The van der Waals surface area contributed by atoms with Gasteiger partial charge in [-0.2, -0.15) is 0 Å². The number of rotatable bonds is 3. The van der Waals surface area contributed by atoms with Crippen molar-refractivity contribution in [3.8, 4) is 0 Å². The fourth-order valence-electron chi connectivity index (χ4n) is 2.15. The lowest BCUT2D eigenvalue weighted by atomic mass is 10.2. The number of amides is 1. The van der Waals surface area contributed by atoms with Crippen molar-refractivity contribution in [2.45, 2.75) is 6.54 Å². The predicted molar refractivity (Wildman–Crippen MR) is 86.0 cm³/mol.